The van der Waals surface area contributed by atoms with Crippen LogP contribution in [0, 0.1) is 0 Å². The number of hydrogen-bond acceptors (Lipinski definition) is 4. The van der Waals surface area contributed by atoms with E-state index in [1.165, 1.54) is 35.7 Å². The molecule has 0 atom stereocenters. The van der Waals surface area contributed by atoms with E-state index in [0.717, 1.165) is 6.54 Å². The monoisotopic (exact) mass is 267 g/mol. The van der Waals surface area contributed by atoms with Crippen molar-refractivity contribution in [1.29, 1.82) is 0 Å². The fraction of sp³-hybridized carbons (Fsp3) is 0.786. The summed E-state index contributed by atoms with van der Waals surface area (Å²) >= 11 is 1.82. The Bertz CT molecular complexity index is 375. The van der Waals surface area contributed by atoms with Crippen molar-refractivity contribution in [3.05, 3.63) is 11.1 Å². The molecule has 1 aromatic rings. The average Bonchev–Trinajstić information content (AvgIpc) is 2.96. The zero-order valence-electron chi connectivity index (χ0n) is 12.0. The van der Waals surface area contributed by atoms with Crippen LogP contribution in [0.1, 0.15) is 51.3 Å². The third-order valence-electron chi connectivity index (χ3n) is 3.51. The molecule has 1 N–H and O–H groups in total. The van der Waals surface area contributed by atoms with E-state index in [4.69, 9.17) is 0 Å². The topological polar surface area (TPSA) is 28.2 Å². The molecule has 4 heteroatoms. The van der Waals surface area contributed by atoms with Crippen LogP contribution in [0.15, 0.2) is 6.20 Å². The van der Waals surface area contributed by atoms with Crippen LogP contribution < -0.4 is 10.2 Å². The Balaban J connectivity index is 1.92. The first kappa shape index (κ1) is 13.8. The molecule has 102 valence electrons. The molecule has 1 aliphatic rings. The van der Waals surface area contributed by atoms with Crippen molar-refractivity contribution in [3.63, 3.8) is 0 Å². The third kappa shape index (κ3) is 3.69. The van der Waals surface area contributed by atoms with Crippen molar-refractivity contribution in [3.8, 4) is 0 Å². The minimum absolute atomic E-state index is 0.168. The first-order valence-corrected chi connectivity index (χ1v) is 7.70. The van der Waals surface area contributed by atoms with E-state index in [2.05, 4.69) is 43.0 Å². The molecule has 0 spiro atoms. The summed E-state index contributed by atoms with van der Waals surface area (Å²) in [7, 11) is 2.19. The third-order valence-corrected chi connectivity index (χ3v) is 4.60. The van der Waals surface area contributed by atoms with Crippen molar-refractivity contribution in [1.82, 2.24) is 10.3 Å². The number of nitrogens with zero attached hydrogens (tertiary/aromatic N) is 2. The molecule has 2 rings (SSSR count). The smallest absolute Gasteiger partial charge is 0.185 e. The molecule has 1 saturated carbocycles. The Labute approximate surface area is 115 Å². The second-order valence-corrected chi connectivity index (χ2v) is 7.36. The van der Waals surface area contributed by atoms with Crippen LogP contribution in [0.4, 0.5) is 5.13 Å². The van der Waals surface area contributed by atoms with Crippen LogP contribution in [0.2, 0.25) is 0 Å². The normalized spacial score (nSPS) is 17.3. The van der Waals surface area contributed by atoms with Crippen LogP contribution in [0.5, 0.6) is 0 Å². The van der Waals surface area contributed by atoms with Gasteiger partial charge in [0.05, 0.1) is 0 Å². The predicted octanol–water partition coefficient (Wildman–Crippen LogP) is 3.41. The molecule has 0 unspecified atom stereocenters. The maximum Gasteiger partial charge on any atom is 0.185 e. The minimum atomic E-state index is 0.168. The Hall–Kier alpha value is -0.610. The second kappa shape index (κ2) is 5.57. The lowest BCUT2D eigenvalue weighted by atomic mass is 10.1. The number of thiazole rings is 1. The number of aromatic nitrogens is 1. The number of anilines is 1. The van der Waals surface area contributed by atoms with Gasteiger partial charge in [0, 0.05) is 36.2 Å². The lowest BCUT2D eigenvalue weighted by Crippen LogP contribution is -2.34. The summed E-state index contributed by atoms with van der Waals surface area (Å²) in [5, 5.41) is 4.69. The number of hydrogen-bond donors (Lipinski definition) is 1. The lowest BCUT2D eigenvalue weighted by Gasteiger charge is -2.23. The Morgan fingerprint density at radius 2 is 2.06 bits per heavy atom. The van der Waals surface area contributed by atoms with Gasteiger partial charge in [-0.2, -0.15) is 0 Å². The van der Waals surface area contributed by atoms with Gasteiger partial charge in [-0.1, -0.05) is 12.8 Å². The first-order valence-electron chi connectivity index (χ1n) is 6.88. The van der Waals surface area contributed by atoms with Gasteiger partial charge in [0.25, 0.3) is 0 Å². The predicted molar refractivity (Wildman–Crippen MR) is 79.4 cm³/mol. The average molecular weight is 267 g/mol. The summed E-state index contributed by atoms with van der Waals surface area (Å²) < 4.78 is 0. The van der Waals surface area contributed by atoms with Gasteiger partial charge in [-0.15, -0.1) is 11.3 Å². The maximum absolute atomic E-state index is 4.57. The van der Waals surface area contributed by atoms with Crippen molar-refractivity contribution in [2.24, 2.45) is 0 Å². The Kier molecular flexibility index (Phi) is 4.28. The molecule has 3 nitrogen and oxygen atoms in total. The molecule has 0 aromatic carbocycles. The highest BCUT2D eigenvalue weighted by molar-refractivity contribution is 7.15. The fourth-order valence-electron chi connectivity index (χ4n) is 2.34. The summed E-state index contributed by atoms with van der Waals surface area (Å²) in [6.07, 6.45) is 7.42. The zero-order chi connectivity index (χ0) is 13.2. The number of nitrogens with one attached hydrogen (secondary N) is 1. The molecule has 18 heavy (non-hydrogen) atoms. The molecular weight excluding hydrogens is 242 g/mol. The van der Waals surface area contributed by atoms with Crippen LogP contribution in [-0.2, 0) is 6.54 Å². The van der Waals surface area contributed by atoms with Crippen LogP contribution in [0.3, 0.4) is 0 Å². The van der Waals surface area contributed by atoms with Gasteiger partial charge in [-0.25, -0.2) is 4.98 Å². The molecule has 0 bridgehead atoms. The Morgan fingerprint density at radius 3 is 2.67 bits per heavy atom. The molecule has 0 radical (unpaired) electrons. The molecular formula is C14H25N3S. The summed E-state index contributed by atoms with van der Waals surface area (Å²) in [6, 6.07) is 0.708. The molecule has 1 fully saturated rings. The van der Waals surface area contributed by atoms with E-state index in [-0.39, 0.29) is 5.54 Å². The van der Waals surface area contributed by atoms with Crippen molar-refractivity contribution in [2.45, 2.75) is 64.6 Å². The fourth-order valence-corrected chi connectivity index (χ4v) is 3.22. The summed E-state index contributed by atoms with van der Waals surface area (Å²) in [6.45, 7) is 7.50. The van der Waals surface area contributed by atoms with Gasteiger partial charge in [-0.05, 0) is 33.6 Å². The van der Waals surface area contributed by atoms with Gasteiger partial charge < -0.3 is 10.2 Å². The molecule has 1 heterocycles. The van der Waals surface area contributed by atoms with Crippen LogP contribution in [-0.4, -0.2) is 23.6 Å². The molecule has 0 saturated heterocycles. The van der Waals surface area contributed by atoms with Gasteiger partial charge in [0.1, 0.15) is 0 Å². The van der Waals surface area contributed by atoms with E-state index >= 15 is 0 Å². The summed E-state index contributed by atoms with van der Waals surface area (Å²) in [4.78, 5) is 8.26. The van der Waals surface area contributed by atoms with E-state index in [1.54, 1.807) is 0 Å². The highest BCUT2D eigenvalue weighted by Crippen LogP contribution is 2.29. The quantitative estimate of drug-likeness (QED) is 0.906. The van der Waals surface area contributed by atoms with Gasteiger partial charge in [-0.3, -0.25) is 0 Å². The highest BCUT2D eigenvalue weighted by atomic mass is 32.1. The molecule has 0 aliphatic heterocycles. The van der Waals surface area contributed by atoms with Crippen LogP contribution >= 0.6 is 11.3 Å². The largest absolute Gasteiger partial charge is 0.348 e. The second-order valence-electron chi connectivity index (χ2n) is 6.26. The van der Waals surface area contributed by atoms with Crippen molar-refractivity contribution >= 4 is 16.5 Å². The molecule has 1 aliphatic carbocycles. The molecule has 0 amide bonds. The maximum atomic E-state index is 4.57. The van der Waals surface area contributed by atoms with Crippen molar-refractivity contribution < 1.29 is 0 Å². The first-order chi connectivity index (χ1) is 8.46. The van der Waals surface area contributed by atoms with Gasteiger partial charge in [0.15, 0.2) is 5.13 Å². The van der Waals surface area contributed by atoms with E-state index in [0.29, 0.717) is 6.04 Å². The van der Waals surface area contributed by atoms with E-state index < -0.39 is 0 Å². The van der Waals surface area contributed by atoms with E-state index in [9.17, 15) is 0 Å². The van der Waals surface area contributed by atoms with Gasteiger partial charge >= 0.3 is 0 Å². The SMILES string of the molecule is CN(c1ncc(CNC(C)(C)C)s1)C1CCCC1. The van der Waals surface area contributed by atoms with E-state index in [1.807, 2.05) is 17.5 Å². The standard InChI is InChI=1S/C14H25N3S/c1-14(2,3)16-10-12-9-15-13(18-12)17(4)11-7-5-6-8-11/h9,11,16H,5-8,10H2,1-4H3. The summed E-state index contributed by atoms with van der Waals surface area (Å²) in [5.41, 5.74) is 0.168. The number of rotatable bonds is 4. The van der Waals surface area contributed by atoms with Gasteiger partial charge in [0.2, 0.25) is 0 Å². The Morgan fingerprint density at radius 1 is 1.39 bits per heavy atom. The summed E-state index contributed by atoms with van der Waals surface area (Å²) in [5.74, 6) is 0. The van der Waals surface area contributed by atoms with Crippen LogP contribution in [0.25, 0.3) is 0 Å². The highest BCUT2D eigenvalue weighted by Gasteiger charge is 2.21. The lowest BCUT2D eigenvalue weighted by molar-refractivity contribution is 0.426. The molecule has 1 aromatic heterocycles. The minimum Gasteiger partial charge on any atom is -0.348 e. The zero-order valence-corrected chi connectivity index (χ0v) is 12.8. The van der Waals surface area contributed by atoms with Crippen molar-refractivity contribution in [2.75, 3.05) is 11.9 Å².